The predicted molar refractivity (Wildman–Crippen MR) is 123 cm³/mol. The Morgan fingerprint density at radius 2 is 1.97 bits per heavy atom. The van der Waals surface area contributed by atoms with Gasteiger partial charge in [-0.15, -0.1) is 0 Å². The Balaban J connectivity index is 1.44. The molecular formula is C25H29N3O5. The zero-order valence-electron chi connectivity index (χ0n) is 19.4. The van der Waals surface area contributed by atoms with Gasteiger partial charge in [0.1, 0.15) is 29.3 Å². The van der Waals surface area contributed by atoms with Crippen LogP contribution in [-0.4, -0.2) is 46.6 Å². The second kappa shape index (κ2) is 9.13. The molecule has 174 valence electrons. The van der Waals surface area contributed by atoms with Crippen molar-refractivity contribution in [3.63, 3.8) is 0 Å². The third-order valence-electron chi connectivity index (χ3n) is 5.39. The van der Waals surface area contributed by atoms with Crippen LogP contribution in [0.1, 0.15) is 48.9 Å². The van der Waals surface area contributed by atoms with Crippen molar-refractivity contribution in [1.82, 2.24) is 15.2 Å². The molecule has 1 fully saturated rings. The van der Waals surface area contributed by atoms with Crippen molar-refractivity contribution in [3.05, 3.63) is 59.6 Å². The zero-order chi connectivity index (χ0) is 23.6. The van der Waals surface area contributed by atoms with Crippen LogP contribution in [0.5, 0.6) is 5.75 Å². The summed E-state index contributed by atoms with van der Waals surface area (Å²) in [5, 5.41) is 3.74. The summed E-state index contributed by atoms with van der Waals surface area (Å²) in [4.78, 5) is 31.1. The van der Waals surface area contributed by atoms with E-state index >= 15 is 0 Å². The molecule has 3 heterocycles. The maximum Gasteiger partial charge on any atom is 0.410 e. The average molecular weight is 452 g/mol. The van der Waals surface area contributed by atoms with Crippen LogP contribution in [0.25, 0.3) is 11.0 Å². The summed E-state index contributed by atoms with van der Waals surface area (Å²) >= 11 is 0. The lowest BCUT2D eigenvalue weighted by molar-refractivity contribution is 0.0290. The van der Waals surface area contributed by atoms with Crippen molar-refractivity contribution >= 4 is 23.0 Å². The fourth-order valence-corrected chi connectivity index (χ4v) is 3.84. The molecule has 0 aliphatic carbocycles. The van der Waals surface area contributed by atoms with Gasteiger partial charge in [-0.25, -0.2) is 4.79 Å². The van der Waals surface area contributed by atoms with Gasteiger partial charge in [0.2, 0.25) is 0 Å². The molecule has 8 nitrogen and oxygen atoms in total. The Hall–Kier alpha value is -3.55. The quantitative estimate of drug-likeness (QED) is 0.616. The molecular weight excluding hydrogens is 422 g/mol. The van der Waals surface area contributed by atoms with Crippen LogP contribution in [0.4, 0.5) is 4.79 Å². The Morgan fingerprint density at radius 3 is 2.70 bits per heavy atom. The van der Waals surface area contributed by atoms with E-state index in [0.717, 1.165) is 5.56 Å². The molecule has 0 spiro atoms. The van der Waals surface area contributed by atoms with Crippen LogP contribution < -0.4 is 10.1 Å². The first-order chi connectivity index (χ1) is 15.7. The van der Waals surface area contributed by atoms with E-state index in [0.29, 0.717) is 54.2 Å². The number of rotatable bonds is 5. The van der Waals surface area contributed by atoms with Crippen molar-refractivity contribution in [2.24, 2.45) is 0 Å². The number of aromatic nitrogens is 1. The third-order valence-corrected chi connectivity index (χ3v) is 5.39. The predicted octanol–water partition coefficient (Wildman–Crippen LogP) is 4.45. The number of carbonyl (C=O) groups is 2. The van der Waals surface area contributed by atoms with Crippen molar-refractivity contribution in [2.75, 3.05) is 13.1 Å². The summed E-state index contributed by atoms with van der Waals surface area (Å²) in [6.07, 6.45) is 3.74. The van der Waals surface area contributed by atoms with Crippen molar-refractivity contribution in [2.45, 2.75) is 52.4 Å². The normalized spacial score (nSPS) is 16.1. The van der Waals surface area contributed by atoms with Crippen LogP contribution >= 0.6 is 0 Å². The number of benzene rings is 1. The Morgan fingerprint density at radius 1 is 1.21 bits per heavy atom. The summed E-state index contributed by atoms with van der Waals surface area (Å²) in [6, 6.07) is 9.08. The number of nitrogens with one attached hydrogen (secondary N) is 1. The van der Waals surface area contributed by atoms with Gasteiger partial charge < -0.3 is 24.1 Å². The number of amides is 2. The lowest BCUT2D eigenvalue weighted by Crippen LogP contribution is -2.40. The Bertz CT molecular complexity index is 1150. The maximum atomic E-state index is 13.1. The van der Waals surface area contributed by atoms with E-state index in [2.05, 4.69) is 10.3 Å². The highest BCUT2D eigenvalue weighted by Gasteiger charge is 2.31. The zero-order valence-corrected chi connectivity index (χ0v) is 19.4. The molecule has 33 heavy (non-hydrogen) atoms. The molecule has 1 saturated heterocycles. The van der Waals surface area contributed by atoms with Gasteiger partial charge in [-0.1, -0.05) is 0 Å². The summed E-state index contributed by atoms with van der Waals surface area (Å²) in [5.74, 6) is 0.954. The second-order valence-electron chi connectivity index (χ2n) is 9.22. The summed E-state index contributed by atoms with van der Waals surface area (Å²) in [6.45, 7) is 8.63. The first kappa shape index (κ1) is 22.6. The number of hydrogen-bond donors (Lipinski definition) is 1. The average Bonchev–Trinajstić information content (AvgIpc) is 3.35. The van der Waals surface area contributed by atoms with Gasteiger partial charge in [0, 0.05) is 36.9 Å². The highest BCUT2D eigenvalue weighted by atomic mass is 16.6. The summed E-state index contributed by atoms with van der Waals surface area (Å²) in [7, 11) is 0. The smallest absolute Gasteiger partial charge is 0.410 e. The molecule has 2 amide bonds. The van der Waals surface area contributed by atoms with E-state index < -0.39 is 5.60 Å². The molecule has 1 aromatic carbocycles. The van der Waals surface area contributed by atoms with Gasteiger partial charge >= 0.3 is 6.09 Å². The highest BCUT2D eigenvalue weighted by Crippen LogP contribution is 2.30. The molecule has 0 bridgehead atoms. The van der Waals surface area contributed by atoms with E-state index in [4.69, 9.17) is 13.9 Å². The van der Waals surface area contributed by atoms with Crippen LogP contribution in [0.3, 0.4) is 0 Å². The Labute approximate surface area is 192 Å². The van der Waals surface area contributed by atoms with Crippen molar-refractivity contribution in [3.8, 4) is 5.75 Å². The minimum absolute atomic E-state index is 0.152. The van der Waals surface area contributed by atoms with Gasteiger partial charge in [-0.3, -0.25) is 9.78 Å². The van der Waals surface area contributed by atoms with Crippen molar-refractivity contribution < 1.29 is 23.5 Å². The van der Waals surface area contributed by atoms with Crippen LogP contribution in [-0.2, 0) is 11.3 Å². The Kier molecular flexibility index (Phi) is 6.26. The van der Waals surface area contributed by atoms with Gasteiger partial charge in [0.05, 0.1) is 5.56 Å². The summed E-state index contributed by atoms with van der Waals surface area (Å²) < 4.78 is 17.1. The second-order valence-corrected chi connectivity index (χ2v) is 9.22. The van der Waals surface area contributed by atoms with Gasteiger partial charge in [0.25, 0.3) is 5.91 Å². The number of carbonyl (C=O) groups excluding carboxylic acids is 2. The van der Waals surface area contributed by atoms with Crippen LogP contribution in [0.15, 0.2) is 47.1 Å². The van der Waals surface area contributed by atoms with Crippen LogP contribution in [0, 0.1) is 6.92 Å². The van der Waals surface area contributed by atoms with E-state index in [1.807, 2.05) is 45.0 Å². The maximum absolute atomic E-state index is 13.1. The number of aryl methyl sites for hydroxylation is 1. The number of furan rings is 1. The standard InChI is InChI=1S/C25H29N3O5/c1-16-22(23(29)27-18-9-12-28(14-18)24(30)33-25(2,3)4)20-13-19(5-6-21(20)32-16)31-15-17-7-10-26-11-8-17/h5-8,10-11,13,18H,9,12,14-15H2,1-4H3,(H,27,29)/t18-/m0/s1. The van der Waals surface area contributed by atoms with E-state index in [1.54, 1.807) is 30.3 Å². The monoisotopic (exact) mass is 451 g/mol. The first-order valence-corrected chi connectivity index (χ1v) is 11.0. The highest BCUT2D eigenvalue weighted by molar-refractivity contribution is 6.07. The van der Waals surface area contributed by atoms with E-state index in [9.17, 15) is 9.59 Å². The minimum Gasteiger partial charge on any atom is -0.489 e. The number of nitrogens with zero attached hydrogens (tertiary/aromatic N) is 2. The number of pyridine rings is 1. The molecule has 8 heteroatoms. The molecule has 0 radical (unpaired) electrons. The van der Waals surface area contributed by atoms with Gasteiger partial charge in [-0.05, 0) is 70.0 Å². The van der Waals surface area contributed by atoms with Crippen molar-refractivity contribution in [1.29, 1.82) is 0 Å². The molecule has 1 N–H and O–H groups in total. The minimum atomic E-state index is -0.553. The molecule has 0 saturated carbocycles. The lowest BCUT2D eigenvalue weighted by atomic mass is 10.1. The number of fused-ring (bicyclic) bond motifs is 1. The SMILES string of the molecule is Cc1oc2ccc(OCc3ccncc3)cc2c1C(=O)N[C@H]1CCN(C(=O)OC(C)(C)C)C1. The van der Waals surface area contributed by atoms with E-state index in [-0.39, 0.29) is 18.0 Å². The molecule has 4 rings (SSSR count). The molecule has 1 atom stereocenters. The van der Waals surface area contributed by atoms with E-state index in [1.165, 1.54) is 0 Å². The third kappa shape index (κ3) is 5.45. The molecule has 3 aromatic rings. The lowest BCUT2D eigenvalue weighted by Gasteiger charge is -2.24. The first-order valence-electron chi connectivity index (χ1n) is 11.0. The molecule has 1 aliphatic rings. The largest absolute Gasteiger partial charge is 0.489 e. The fourth-order valence-electron chi connectivity index (χ4n) is 3.84. The van der Waals surface area contributed by atoms with Gasteiger partial charge in [0.15, 0.2) is 0 Å². The van der Waals surface area contributed by atoms with Crippen LogP contribution in [0.2, 0.25) is 0 Å². The topological polar surface area (TPSA) is 93.9 Å². The molecule has 2 aromatic heterocycles. The molecule has 1 aliphatic heterocycles. The number of ether oxygens (including phenoxy) is 2. The molecule has 0 unspecified atom stereocenters. The fraction of sp³-hybridized carbons (Fsp3) is 0.400. The number of likely N-dealkylation sites (tertiary alicyclic amines) is 1. The summed E-state index contributed by atoms with van der Waals surface area (Å²) in [5.41, 5.74) is 1.55. The van der Waals surface area contributed by atoms with Gasteiger partial charge in [-0.2, -0.15) is 0 Å². The number of hydrogen-bond acceptors (Lipinski definition) is 6.